The second kappa shape index (κ2) is 7.99. The molecule has 0 aromatic heterocycles. The van der Waals surface area contributed by atoms with Crippen molar-refractivity contribution in [3.05, 3.63) is 65.5 Å². The monoisotopic (exact) mass is 356 g/mol. The van der Waals surface area contributed by atoms with Crippen molar-refractivity contribution in [1.29, 1.82) is 0 Å². The lowest BCUT2D eigenvalue weighted by Crippen LogP contribution is -2.50. The van der Waals surface area contributed by atoms with Crippen LogP contribution in [0, 0.1) is 5.82 Å². The number of rotatable bonds is 4. The topological polar surface area (TPSA) is 60.9 Å². The van der Waals surface area contributed by atoms with E-state index in [1.807, 2.05) is 12.1 Å². The molecule has 0 bridgehead atoms. The first-order chi connectivity index (χ1) is 12.5. The number of phenolic OH excluding ortho intramolecular Hbond substituents is 1. The highest BCUT2D eigenvalue weighted by Crippen LogP contribution is 2.18. The zero-order chi connectivity index (χ0) is 18.5. The summed E-state index contributed by atoms with van der Waals surface area (Å²) in [6.45, 7) is 1.87. The number of carbonyl (C=O) groups excluding carboxylic acids is 2. The van der Waals surface area contributed by atoms with Gasteiger partial charge in [-0.2, -0.15) is 0 Å². The predicted molar refractivity (Wildman–Crippen MR) is 95.3 cm³/mol. The molecule has 0 aliphatic carbocycles. The summed E-state index contributed by atoms with van der Waals surface area (Å²) in [5.41, 5.74) is 1.21. The molecule has 1 aliphatic heterocycles. The lowest BCUT2D eigenvalue weighted by Gasteiger charge is -2.35. The summed E-state index contributed by atoms with van der Waals surface area (Å²) >= 11 is 0. The Morgan fingerprint density at radius 1 is 0.923 bits per heavy atom. The largest absolute Gasteiger partial charge is 0.508 e. The van der Waals surface area contributed by atoms with Gasteiger partial charge in [0.2, 0.25) is 5.91 Å². The van der Waals surface area contributed by atoms with Crippen LogP contribution in [0.5, 0.6) is 5.75 Å². The fourth-order valence-electron chi connectivity index (χ4n) is 3.06. The van der Waals surface area contributed by atoms with Crippen LogP contribution >= 0.6 is 0 Å². The van der Waals surface area contributed by atoms with Crippen molar-refractivity contribution in [1.82, 2.24) is 9.80 Å². The highest BCUT2D eigenvalue weighted by molar-refractivity contribution is 5.94. The summed E-state index contributed by atoms with van der Waals surface area (Å²) in [5.74, 6) is -0.301. The number of phenols is 1. The molecule has 5 nitrogen and oxygen atoms in total. The van der Waals surface area contributed by atoms with Gasteiger partial charge in [0.15, 0.2) is 0 Å². The van der Waals surface area contributed by atoms with E-state index in [-0.39, 0.29) is 23.4 Å². The Morgan fingerprint density at radius 2 is 1.54 bits per heavy atom. The molecule has 1 fully saturated rings. The Morgan fingerprint density at radius 3 is 2.19 bits per heavy atom. The fraction of sp³-hybridized carbons (Fsp3) is 0.300. The standard InChI is InChI=1S/C20H21FN2O3/c21-17-8-5-16(6-9-17)20(26)23-13-11-22(12-14-23)19(25)10-7-15-3-1-2-4-18(15)24/h1-6,8-9,24H,7,10-14H2. The molecular weight excluding hydrogens is 335 g/mol. The molecule has 136 valence electrons. The number of halogens is 1. The lowest BCUT2D eigenvalue weighted by atomic mass is 10.1. The molecule has 1 N–H and O–H groups in total. The third kappa shape index (κ3) is 4.20. The van der Waals surface area contributed by atoms with E-state index in [1.165, 1.54) is 24.3 Å². The number of piperazine rings is 1. The first-order valence-electron chi connectivity index (χ1n) is 8.64. The predicted octanol–water partition coefficient (Wildman–Crippen LogP) is 2.45. The number of hydrogen-bond donors (Lipinski definition) is 1. The molecule has 0 atom stereocenters. The van der Waals surface area contributed by atoms with Gasteiger partial charge < -0.3 is 14.9 Å². The molecule has 0 unspecified atom stereocenters. The number of aromatic hydroxyl groups is 1. The average Bonchev–Trinajstić information content (AvgIpc) is 2.67. The molecule has 6 heteroatoms. The summed E-state index contributed by atoms with van der Waals surface area (Å²) in [5, 5.41) is 9.76. The minimum atomic E-state index is -0.374. The van der Waals surface area contributed by atoms with Gasteiger partial charge in [-0.05, 0) is 42.3 Å². The second-order valence-corrected chi connectivity index (χ2v) is 6.31. The minimum absolute atomic E-state index is 0.0159. The van der Waals surface area contributed by atoms with E-state index in [4.69, 9.17) is 0 Å². The quantitative estimate of drug-likeness (QED) is 0.915. The summed E-state index contributed by atoms with van der Waals surface area (Å²) in [6, 6.07) is 12.5. The number of para-hydroxylation sites is 1. The van der Waals surface area contributed by atoms with Gasteiger partial charge in [-0.1, -0.05) is 18.2 Å². The maximum Gasteiger partial charge on any atom is 0.253 e. The van der Waals surface area contributed by atoms with Crippen molar-refractivity contribution in [2.24, 2.45) is 0 Å². The molecule has 1 heterocycles. The van der Waals surface area contributed by atoms with E-state index in [9.17, 15) is 19.1 Å². The minimum Gasteiger partial charge on any atom is -0.508 e. The Balaban J connectivity index is 1.50. The Labute approximate surface area is 151 Å². The van der Waals surface area contributed by atoms with Gasteiger partial charge in [0, 0.05) is 38.2 Å². The number of aryl methyl sites for hydroxylation is 1. The molecule has 1 aliphatic rings. The Kier molecular flexibility index (Phi) is 5.51. The van der Waals surface area contributed by atoms with Crippen LogP contribution in [-0.2, 0) is 11.2 Å². The Bertz CT molecular complexity index is 784. The van der Waals surface area contributed by atoms with E-state index in [1.54, 1.807) is 21.9 Å². The molecule has 0 saturated carbocycles. The van der Waals surface area contributed by atoms with Gasteiger partial charge in [0.25, 0.3) is 5.91 Å². The highest BCUT2D eigenvalue weighted by Gasteiger charge is 2.24. The second-order valence-electron chi connectivity index (χ2n) is 6.31. The van der Waals surface area contributed by atoms with Crippen LogP contribution in [0.4, 0.5) is 4.39 Å². The SMILES string of the molecule is O=C(CCc1ccccc1O)N1CCN(C(=O)c2ccc(F)cc2)CC1. The van der Waals surface area contributed by atoms with Crippen molar-refractivity contribution < 1.29 is 19.1 Å². The van der Waals surface area contributed by atoms with Gasteiger partial charge in [0.05, 0.1) is 0 Å². The summed E-state index contributed by atoms with van der Waals surface area (Å²) < 4.78 is 13.0. The van der Waals surface area contributed by atoms with Crippen molar-refractivity contribution in [3.63, 3.8) is 0 Å². The highest BCUT2D eigenvalue weighted by atomic mass is 19.1. The molecule has 0 spiro atoms. The number of benzene rings is 2. The van der Waals surface area contributed by atoms with E-state index < -0.39 is 0 Å². The average molecular weight is 356 g/mol. The van der Waals surface area contributed by atoms with E-state index in [2.05, 4.69) is 0 Å². The lowest BCUT2D eigenvalue weighted by molar-refractivity contribution is -0.132. The normalized spacial score (nSPS) is 14.3. The van der Waals surface area contributed by atoms with Crippen LogP contribution in [0.15, 0.2) is 48.5 Å². The van der Waals surface area contributed by atoms with Crippen LogP contribution in [0.1, 0.15) is 22.3 Å². The maximum atomic E-state index is 13.0. The molecule has 1 saturated heterocycles. The smallest absolute Gasteiger partial charge is 0.253 e. The Hall–Kier alpha value is -2.89. The molecule has 0 radical (unpaired) electrons. The molecule has 3 rings (SSSR count). The number of hydrogen-bond acceptors (Lipinski definition) is 3. The molecule has 26 heavy (non-hydrogen) atoms. The van der Waals surface area contributed by atoms with Crippen molar-refractivity contribution >= 4 is 11.8 Å². The van der Waals surface area contributed by atoms with E-state index in [0.29, 0.717) is 44.6 Å². The van der Waals surface area contributed by atoms with Gasteiger partial charge >= 0.3 is 0 Å². The zero-order valence-electron chi connectivity index (χ0n) is 14.4. The van der Waals surface area contributed by atoms with Gasteiger partial charge in [-0.25, -0.2) is 4.39 Å². The van der Waals surface area contributed by atoms with Gasteiger partial charge in [-0.3, -0.25) is 9.59 Å². The number of amides is 2. The molecule has 2 aromatic rings. The summed E-state index contributed by atoms with van der Waals surface area (Å²) in [4.78, 5) is 28.2. The van der Waals surface area contributed by atoms with Crippen LogP contribution in [0.2, 0.25) is 0 Å². The molecule has 2 aromatic carbocycles. The third-order valence-corrected chi connectivity index (χ3v) is 4.61. The number of nitrogens with zero attached hydrogens (tertiary/aromatic N) is 2. The zero-order valence-corrected chi connectivity index (χ0v) is 14.4. The van der Waals surface area contributed by atoms with E-state index >= 15 is 0 Å². The van der Waals surface area contributed by atoms with Crippen LogP contribution in [0.3, 0.4) is 0 Å². The maximum absolute atomic E-state index is 13.0. The number of carbonyl (C=O) groups is 2. The first-order valence-corrected chi connectivity index (χ1v) is 8.64. The van der Waals surface area contributed by atoms with Gasteiger partial charge in [-0.15, -0.1) is 0 Å². The first kappa shape index (κ1) is 17.9. The molecular formula is C20H21FN2O3. The molecule has 2 amide bonds. The van der Waals surface area contributed by atoms with Crippen LogP contribution in [0.25, 0.3) is 0 Å². The van der Waals surface area contributed by atoms with Gasteiger partial charge in [0.1, 0.15) is 11.6 Å². The van der Waals surface area contributed by atoms with Crippen LogP contribution in [-0.4, -0.2) is 52.9 Å². The van der Waals surface area contributed by atoms with Crippen molar-refractivity contribution in [2.45, 2.75) is 12.8 Å². The summed E-state index contributed by atoms with van der Waals surface area (Å²) in [6.07, 6.45) is 0.809. The van der Waals surface area contributed by atoms with Crippen LogP contribution < -0.4 is 0 Å². The van der Waals surface area contributed by atoms with Crippen molar-refractivity contribution in [3.8, 4) is 5.75 Å². The summed E-state index contributed by atoms with van der Waals surface area (Å²) in [7, 11) is 0. The van der Waals surface area contributed by atoms with E-state index in [0.717, 1.165) is 5.56 Å². The fourth-order valence-corrected chi connectivity index (χ4v) is 3.06. The van der Waals surface area contributed by atoms with Crippen molar-refractivity contribution in [2.75, 3.05) is 26.2 Å². The third-order valence-electron chi connectivity index (χ3n) is 4.61.